The SMILES string of the molecule is O=C1CCC2C3C(CCN2[O-])C2CCC(O)CC2N13. The maximum Gasteiger partial charge on any atom is 0.223 e. The maximum atomic E-state index is 12.3. The summed E-state index contributed by atoms with van der Waals surface area (Å²) in [6.45, 7) is 0.625. The maximum absolute atomic E-state index is 12.3. The summed E-state index contributed by atoms with van der Waals surface area (Å²) in [5.41, 5.74) is 0. The number of hydrogen-bond donors (Lipinski definition) is 1. The van der Waals surface area contributed by atoms with Gasteiger partial charge >= 0.3 is 0 Å². The van der Waals surface area contributed by atoms with Gasteiger partial charge in [-0.2, -0.15) is 0 Å². The van der Waals surface area contributed by atoms with Gasteiger partial charge in [-0.15, -0.1) is 0 Å². The van der Waals surface area contributed by atoms with Crippen LogP contribution in [0.15, 0.2) is 0 Å². The molecule has 0 radical (unpaired) electrons. The quantitative estimate of drug-likeness (QED) is 0.700. The van der Waals surface area contributed by atoms with E-state index in [-0.39, 0.29) is 30.1 Å². The molecular formula is C14H21N2O3-. The highest BCUT2D eigenvalue weighted by Crippen LogP contribution is 2.50. The van der Waals surface area contributed by atoms with Gasteiger partial charge in [0.05, 0.1) is 6.10 Å². The van der Waals surface area contributed by atoms with Gasteiger partial charge in [0.2, 0.25) is 5.91 Å². The minimum absolute atomic E-state index is 0.0131. The summed E-state index contributed by atoms with van der Waals surface area (Å²) in [4.78, 5) is 14.3. The fraction of sp³-hybridized carbons (Fsp3) is 0.929. The number of fused-ring (bicyclic) bond motifs is 3. The summed E-state index contributed by atoms with van der Waals surface area (Å²) in [6.07, 6.45) is 4.48. The van der Waals surface area contributed by atoms with Crippen molar-refractivity contribution in [2.24, 2.45) is 11.8 Å². The average Bonchev–Trinajstić information content (AvgIpc) is 2.71. The Morgan fingerprint density at radius 2 is 1.95 bits per heavy atom. The molecule has 1 saturated carbocycles. The molecule has 5 heteroatoms. The molecule has 0 aromatic heterocycles. The van der Waals surface area contributed by atoms with Gasteiger partial charge in [0, 0.05) is 24.5 Å². The van der Waals surface area contributed by atoms with Crippen molar-refractivity contribution in [3.8, 4) is 0 Å². The third-order valence-corrected chi connectivity index (χ3v) is 5.90. The molecule has 6 atom stereocenters. The number of aliphatic hydroxyl groups is 1. The average molecular weight is 265 g/mol. The van der Waals surface area contributed by atoms with Gasteiger partial charge in [0.15, 0.2) is 0 Å². The van der Waals surface area contributed by atoms with Crippen molar-refractivity contribution in [1.29, 1.82) is 0 Å². The number of piperidine rings is 2. The monoisotopic (exact) mass is 265 g/mol. The Hall–Kier alpha value is -0.650. The van der Waals surface area contributed by atoms with E-state index in [9.17, 15) is 15.1 Å². The van der Waals surface area contributed by atoms with E-state index in [1.165, 1.54) is 5.06 Å². The Labute approximate surface area is 113 Å². The summed E-state index contributed by atoms with van der Waals surface area (Å²) in [5, 5.41) is 23.2. The second kappa shape index (κ2) is 4.17. The van der Waals surface area contributed by atoms with Gasteiger partial charge in [-0.1, -0.05) is 0 Å². The van der Waals surface area contributed by atoms with Crippen LogP contribution in [0.25, 0.3) is 0 Å². The lowest BCUT2D eigenvalue weighted by Crippen LogP contribution is -2.59. The van der Waals surface area contributed by atoms with Gasteiger partial charge in [0.25, 0.3) is 0 Å². The van der Waals surface area contributed by atoms with E-state index in [0.717, 1.165) is 32.1 Å². The second-order valence-corrected chi connectivity index (χ2v) is 6.69. The lowest BCUT2D eigenvalue weighted by atomic mass is 9.73. The predicted molar refractivity (Wildman–Crippen MR) is 69.0 cm³/mol. The normalized spacial score (nSPS) is 50.0. The number of amides is 1. The molecule has 106 valence electrons. The van der Waals surface area contributed by atoms with Crippen LogP contribution in [-0.2, 0) is 4.79 Å². The number of rotatable bonds is 0. The van der Waals surface area contributed by atoms with Crippen LogP contribution in [0.3, 0.4) is 0 Å². The molecule has 1 N–H and O–H groups in total. The van der Waals surface area contributed by atoms with E-state index in [1.807, 2.05) is 4.90 Å². The van der Waals surface area contributed by atoms with Crippen LogP contribution in [0.1, 0.15) is 38.5 Å². The van der Waals surface area contributed by atoms with Gasteiger partial charge in [-0.25, -0.2) is 0 Å². The Morgan fingerprint density at radius 1 is 1.11 bits per heavy atom. The number of hydroxylamine groups is 2. The van der Waals surface area contributed by atoms with Crippen molar-refractivity contribution in [2.45, 2.75) is 62.8 Å². The van der Waals surface area contributed by atoms with Gasteiger partial charge in [0.1, 0.15) is 0 Å². The molecule has 0 aromatic carbocycles. The highest BCUT2D eigenvalue weighted by atomic mass is 16.5. The number of hydrogen-bond acceptors (Lipinski definition) is 4. The first-order valence-electron chi connectivity index (χ1n) is 7.60. The zero-order valence-electron chi connectivity index (χ0n) is 11.1. The fourth-order valence-corrected chi connectivity index (χ4v) is 5.18. The zero-order chi connectivity index (χ0) is 13.1. The van der Waals surface area contributed by atoms with E-state index >= 15 is 0 Å². The molecule has 4 aliphatic rings. The topological polar surface area (TPSA) is 66.8 Å². The van der Waals surface area contributed by atoms with Crippen molar-refractivity contribution in [3.63, 3.8) is 0 Å². The Morgan fingerprint density at radius 3 is 2.79 bits per heavy atom. The molecule has 6 unspecified atom stereocenters. The van der Waals surface area contributed by atoms with E-state index in [2.05, 4.69) is 0 Å². The third kappa shape index (κ3) is 1.61. The van der Waals surface area contributed by atoms with Crippen molar-refractivity contribution < 1.29 is 9.90 Å². The molecule has 3 aliphatic heterocycles. The summed E-state index contributed by atoms with van der Waals surface area (Å²) in [7, 11) is 0. The fourth-order valence-electron chi connectivity index (χ4n) is 5.18. The largest absolute Gasteiger partial charge is 0.785 e. The molecule has 0 bridgehead atoms. The van der Waals surface area contributed by atoms with Crippen LogP contribution < -0.4 is 0 Å². The smallest absolute Gasteiger partial charge is 0.223 e. The van der Waals surface area contributed by atoms with Gasteiger partial charge < -0.3 is 20.3 Å². The molecular weight excluding hydrogens is 244 g/mol. The summed E-state index contributed by atoms with van der Waals surface area (Å²) < 4.78 is 0. The van der Waals surface area contributed by atoms with Crippen LogP contribution in [0.2, 0.25) is 0 Å². The summed E-state index contributed by atoms with van der Waals surface area (Å²) in [5.74, 6) is 1.23. The summed E-state index contributed by atoms with van der Waals surface area (Å²) in [6, 6.07) is 0.340. The minimum atomic E-state index is -0.266. The van der Waals surface area contributed by atoms with Crippen molar-refractivity contribution in [2.75, 3.05) is 6.54 Å². The standard InChI is InChI=1S/C14H21N2O3/c17-8-1-2-9-10-5-6-15(19)11-3-4-13(18)16(14(10)11)12(9)7-8/h8-12,14,17H,1-7H2/q-1. The van der Waals surface area contributed by atoms with E-state index < -0.39 is 0 Å². The first-order chi connectivity index (χ1) is 9.16. The first kappa shape index (κ1) is 12.1. The number of aliphatic hydroxyl groups excluding tert-OH is 1. The van der Waals surface area contributed by atoms with E-state index in [4.69, 9.17) is 0 Å². The van der Waals surface area contributed by atoms with Crippen molar-refractivity contribution in [3.05, 3.63) is 5.21 Å². The molecule has 4 fully saturated rings. The Kier molecular flexibility index (Phi) is 2.66. The lowest BCUT2D eigenvalue weighted by Gasteiger charge is -2.52. The van der Waals surface area contributed by atoms with E-state index in [1.54, 1.807) is 0 Å². The highest BCUT2D eigenvalue weighted by Gasteiger charge is 2.57. The molecule has 19 heavy (non-hydrogen) atoms. The lowest BCUT2D eigenvalue weighted by molar-refractivity contribution is -0.142. The van der Waals surface area contributed by atoms with Crippen LogP contribution in [0.5, 0.6) is 0 Å². The van der Waals surface area contributed by atoms with Gasteiger partial charge in [-0.3, -0.25) is 4.79 Å². The highest BCUT2D eigenvalue weighted by molar-refractivity contribution is 5.78. The van der Waals surface area contributed by atoms with Crippen LogP contribution in [-0.4, -0.2) is 51.8 Å². The number of nitrogens with zero attached hydrogens (tertiary/aromatic N) is 2. The third-order valence-electron chi connectivity index (χ3n) is 5.90. The van der Waals surface area contributed by atoms with Crippen molar-refractivity contribution >= 4 is 5.91 Å². The summed E-state index contributed by atoms with van der Waals surface area (Å²) >= 11 is 0. The van der Waals surface area contributed by atoms with E-state index in [0.29, 0.717) is 24.8 Å². The molecule has 0 spiro atoms. The van der Waals surface area contributed by atoms with Crippen molar-refractivity contribution in [1.82, 2.24) is 9.96 Å². The van der Waals surface area contributed by atoms with Gasteiger partial charge in [-0.05, 0) is 50.5 Å². The number of carbonyl (C=O) groups is 1. The molecule has 3 saturated heterocycles. The molecule has 4 rings (SSSR count). The number of carbonyl (C=O) groups excluding carboxylic acids is 1. The Bertz CT molecular complexity index is 402. The van der Waals surface area contributed by atoms with Crippen LogP contribution >= 0.6 is 0 Å². The molecule has 1 aliphatic carbocycles. The second-order valence-electron chi connectivity index (χ2n) is 6.69. The van der Waals surface area contributed by atoms with Crippen LogP contribution in [0, 0.1) is 17.0 Å². The minimum Gasteiger partial charge on any atom is -0.785 e. The zero-order valence-corrected chi connectivity index (χ0v) is 11.1. The molecule has 0 aromatic rings. The Balaban J connectivity index is 1.71. The molecule has 3 heterocycles. The molecule has 5 nitrogen and oxygen atoms in total. The molecule has 1 amide bonds. The predicted octanol–water partition coefficient (Wildman–Crippen LogP) is 0.709. The first-order valence-corrected chi connectivity index (χ1v) is 7.60. The van der Waals surface area contributed by atoms with Crippen LogP contribution in [0.4, 0.5) is 0 Å².